The summed E-state index contributed by atoms with van der Waals surface area (Å²) in [5.41, 5.74) is 9.03. The van der Waals surface area contributed by atoms with Crippen LogP contribution in [0.25, 0.3) is 16.9 Å². The number of carboxylic acid groups (broad SMARTS) is 1. The predicted octanol–water partition coefficient (Wildman–Crippen LogP) is 2.14. The zero-order valence-electron chi connectivity index (χ0n) is 18.9. The van der Waals surface area contributed by atoms with Gasteiger partial charge in [-0.3, -0.25) is 9.59 Å². The van der Waals surface area contributed by atoms with E-state index in [1.165, 1.54) is 6.07 Å². The number of hydrogen-bond acceptors (Lipinski definition) is 7. The number of carbonyl (C=O) groups excluding carboxylic acids is 1. The number of rotatable bonds is 3. The van der Waals surface area contributed by atoms with E-state index in [9.17, 15) is 4.79 Å². The zero-order valence-corrected chi connectivity index (χ0v) is 18.9. The summed E-state index contributed by atoms with van der Waals surface area (Å²) in [6.07, 6.45) is 5.35. The summed E-state index contributed by atoms with van der Waals surface area (Å²) in [6, 6.07) is 10.0. The third kappa shape index (κ3) is 5.45. The van der Waals surface area contributed by atoms with Crippen LogP contribution in [0.3, 0.4) is 0 Å². The van der Waals surface area contributed by atoms with Gasteiger partial charge in [-0.2, -0.15) is 5.10 Å². The molecule has 0 aliphatic carbocycles. The molecule has 3 aromatic heterocycles. The van der Waals surface area contributed by atoms with Gasteiger partial charge in [-0.25, -0.2) is 18.9 Å². The average molecular weight is 488 g/mol. The number of hydrogen-bond donors (Lipinski definition) is 2. The summed E-state index contributed by atoms with van der Waals surface area (Å²) < 4.78 is 22.4. The van der Waals surface area contributed by atoms with Crippen molar-refractivity contribution in [3.63, 3.8) is 0 Å². The van der Waals surface area contributed by atoms with E-state index in [1.807, 2.05) is 0 Å². The zero-order chi connectivity index (χ0) is 25.5. The van der Waals surface area contributed by atoms with Crippen molar-refractivity contribution in [2.75, 3.05) is 25.4 Å². The number of aromatic nitrogens is 4. The van der Waals surface area contributed by atoms with Gasteiger partial charge in [-0.05, 0) is 35.9 Å². The number of fused-ring (bicyclic) bond motifs is 1. The number of benzene rings is 1. The largest absolute Gasteiger partial charge is 0.483 e. The van der Waals surface area contributed by atoms with Crippen molar-refractivity contribution >= 4 is 24.3 Å². The summed E-state index contributed by atoms with van der Waals surface area (Å²) in [4.78, 5) is 29.6. The van der Waals surface area contributed by atoms with Gasteiger partial charge in [0.25, 0.3) is 6.47 Å². The lowest BCUT2D eigenvalue weighted by molar-refractivity contribution is -0.125. The summed E-state index contributed by atoms with van der Waals surface area (Å²) in [7, 11) is 0. The highest BCUT2D eigenvalue weighted by Crippen LogP contribution is 2.28. The molecule has 1 atom stereocenters. The molecule has 1 aromatic carbocycles. The lowest BCUT2D eigenvalue weighted by atomic mass is 10.0. The number of anilines is 1. The number of halogens is 1. The molecular weight excluding hydrogens is 467 g/mol. The van der Waals surface area contributed by atoms with E-state index in [0.29, 0.717) is 53.5 Å². The van der Waals surface area contributed by atoms with E-state index < -0.39 is 5.82 Å². The van der Waals surface area contributed by atoms with Gasteiger partial charge in [-0.15, -0.1) is 0 Å². The van der Waals surface area contributed by atoms with Crippen molar-refractivity contribution in [2.24, 2.45) is 0 Å². The van der Waals surface area contributed by atoms with E-state index >= 15 is 4.39 Å². The lowest BCUT2D eigenvalue weighted by Gasteiger charge is -2.30. The number of nitrogens with zero attached hydrogens (tertiary/aromatic N) is 5. The van der Waals surface area contributed by atoms with Gasteiger partial charge in [0.2, 0.25) is 6.41 Å². The van der Waals surface area contributed by atoms with Crippen molar-refractivity contribution in [3.05, 3.63) is 77.5 Å². The van der Waals surface area contributed by atoms with Crippen molar-refractivity contribution in [1.29, 1.82) is 0 Å². The second kappa shape index (κ2) is 11.1. The molecule has 182 valence electrons. The van der Waals surface area contributed by atoms with Crippen LogP contribution in [0.1, 0.15) is 22.8 Å². The van der Waals surface area contributed by atoms with Crippen molar-refractivity contribution in [3.8, 4) is 23.1 Å². The Labute approximate surface area is 205 Å². The van der Waals surface area contributed by atoms with Crippen LogP contribution in [0, 0.1) is 17.7 Å². The molecule has 0 bridgehead atoms. The number of nitrogens with two attached hydrogens (primary N) is 1. The summed E-state index contributed by atoms with van der Waals surface area (Å²) >= 11 is 0. The second-order valence-electron chi connectivity index (χ2n) is 7.66. The standard InChI is InChI=1S/C24H19FN6O2.CH2O2/c25-20-12-17(22-14-30(15-32)9-10-33-22)3-4-19(20)21-6-8-31-24(29-21)18(13-28-31)2-1-16-5-7-27-23(26)11-16;2-1-3/h3-8,11-13,15,22H,9-10,14H2,(H2,26,27);1H,(H,2,3). The molecule has 0 spiro atoms. The Bertz CT molecular complexity index is 1460. The van der Waals surface area contributed by atoms with Crippen LogP contribution in [0.15, 0.2) is 55.0 Å². The molecular formula is C25H21FN6O4. The molecule has 1 unspecified atom stereocenters. The van der Waals surface area contributed by atoms with E-state index in [1.54, 1.807) is 58.3 Å². The molecule has 5 rings (SSSR count). The Hall–Kier alpha value is -4.82. The Morgan fingerprint density at radius 3 is 2.78 bits per heavy atom. The number of pyridine rings is 1. The van der Waals surface area contributed by atoms with E-state index in [-0.39, 0.29) is 12.6 Å². The molecule has 3 N–H and O–H groups in total. The van der Waals surface area contributed by atoms with Gasteiger partial charge in [-0.1, -0.05) is 17.9 Å². The molecule has 1 aliphatic rings. The smallest absolute Gasteiger partial charge is 0.290 e. The Balaban J connectivity index is 0.000000967. The van der Waals surface area contributed by atoms with Gasteiger partial charge in [0, 0.05) is 30.1 Å². The Morgan fingerprint density at radius 2 is 2.03 bits per heavy atom. The molecule has 4 aromatic rings. The Kier molecular flexibility index (Phi) is 7.48. The van der Waals surface area contributed by atoms with Crippen LogP contribution in [0.5, 0.6) is 0 Å². The molecule has 1 saturated heterocycles. The topological polar surface area (TPSA) is 136 Å². The SMILES string of the molecule is Nc1cc(C#Cc2cnn3ccc(-c4ccc(C5CN(C=O)CCO5)cc4F)nc23)ccn1.O=CO. The molecule has 0 saturated carbocycles. The molecule has 11 heteroatoms. The fourth-order valence-corrected chi connectivity index (χ4v) is 3.68. The maximum Gasteiger partial charge on any atom is 0.290 e. The molecule has 1 fully saturated rings. The van der Waals surface area contributed by atoms with Gasteiger partial charge in [0.05, 0.1) is 30.6 Å². The summed E-state index contributed by atoms with van der Waals surface area (Å²) in [6.45, 7) is 1.10. The minimum Gasteiger partial charge on any atom is -0.483 e. The van der Waals surface area contributed by atoms with Crippen molar-refractivity contribution in [1.82, 2.24) is 24.5 Å². The molecule has 1 amide bonds. The van der Waals surface area contributed by atoms with E-state index in [4.69, 9.17) is 20.4 Å². The van der Waals surface area contributed by atoms with Gasteiger partial charge in [0.15, 0.2) is 5.65 Å². The van der Waals surface area contributed by atoms with Gasteiger partial charge in [0.1, 0.15) is 17.7 Å². The normalized spacial score (nSPS) is 14.8. The molecule has 36 heavy (non-hydrogen) atoms. The summed E-state index contributed by atoms with van der Waals surface area (Å²) in [5, 5.41) is 11.2. The highest BCUT2D eigenvalue weighted by molar-refractivity contribution is 5.66. The summed E-state index contributed by atoms with van der Waals surface area (Å²) in [5.74, 6) is 6.03. The van der Waals surface area contributed by atoms with Crippen LogP contribution in [-0.4, -0.2) is 62.2 Å². The fraction of sp³-hybridized carbons (Fsp3) is 0.160. The minimum atomic E-state index is -0.421. The first-order chi connectivity index (χ1) is 17.5. The van der Waals surface area contributed by atoms with E-state index in [2.05, 4.69) is 26.9 Å². The molecule has 4 heterocycles. The Morgan fingerprint density at radius 1 is 1.19 bits per heavy atom. The van der Waals surface area contributed by atoms with E-state index in [0.717, 1.165) is 12.0 Å². The number of carbonyl (C=O) groups is 2. The van der Waals surface area contributed by atoms with Crippen molar-refractivity contribution in [2.45, 2.75) is 6.10 Å². The third-order valence-corrected chi connectivity index (χ3v) is 5.38. The number of morpholine rings is 1. The maximum atomic E-state index is 15.1. The third-order valence-electron chi connectivity index (χ3n) is 5.38. The highest BCUT2D eigenvalue weighted by Gasteiger charge is 2.22. The predicted molar refractivity (Wildman–Crippen MR) is 128 cm³/mol. The van der Waals surface area contributed by atoms with Crippen LogP contribution < -0.4 is 5.73 Å². The number of nitrogen functional groups attached to an aromatic ring is 1. The van der Waals surface area contributed by atoms with Crippen molar-refractivity contribution < 1.29 is 23.8 Å². The molecule has 1 aliphatic heterocycles. The molecule has 10 nitrogen and oxygen atoms in total. The van der Waals surface area contributed by atoms with Gasteiger partial charge >= 0.3 is 0 Å². The first-order valence-electron chi connectivity index (χ1n) is 10.8. The second-order valence-corrected chi connectivity index (χ2v) is 7.66. The first-order valence-corrected chi connectivity index (χ1v) is 10.8. The number of amides is 1. The highest BCUT2D eigenvalue weighted by atomic mass is 19.1. The minimum absolute atomic E-state index is 0.250. The lowest BCUT2D eigenvalue weighted by Crippen LogP contribution is -2.37. The van der Waals surface area contributed by atoms with Crippen LogP contribution >= 0.6 is 0 Å². The van der Waals surface area contributed by atoms with Crippen LogP contribution in [-0.2, 0) is 14.3 Å². The van der Waals surface area contributed by atoms with Crippen LogP contribution in [0.4, 0.5) is 10.2 Å². The first kappa shape index (κ1) is 24.3. The monoisotopic (exact) mass is 488 g/mol. The number of ether oxygens (including phenoxy) is 1. The molecule has 0 radical (unpaired) electrons. The van der Waals surface area contributed by atoms with Gasteiger partial charge < -0.3 is 20.5 Å². The maximum absolute atomic E-state index is 15.1. The van der Waals surface area contributed by atoms with Crippen LogP contribution in [0.2, 0.25) is 0 Å². The fourth-order valence-electron chi connectivity index (χ4n) is 3.68. The quantitative estimate of drug-likeness (QED) is 0.331. The average Bonchev–Trinajstić information content (AvgIpc) is 3.30.